The summed E-state index contributed by atoms with van der Waals surface area (Å²) in [7, 11) is 0. The largest absolute Gasteiger partial charge is 0.203 e. The molecule has 0 aromatic heterocycles. The second-order valence-corrected chi connectivity index (χ2v) is 6.85. The minimum absolute atomic E-state index is 0.0180. The quantitative estimate of drug-likeness (QED) is 0.383. The standard InChI is InChI=1S/C23H18F6/c1-3-4-5-13-7-9-15(21(27)19(13)25)17-11-10-16(22(28)23(17)29)14-8-6-12(2)18(24)20(14)26/h6-11H,3-5H2,1-2H3. The number of rotatable bonds is 5. The fourth-order valence-corrected chi connectivity index (χ4v) is 3.18. The van der Waals surface area contributed by atoms with E-state index in [9.17, 15) is 26.3 Å². The summed E-state index contributed by atoms with van der Waals surface area (Å²) in [5.74, 6) is -7.80. The molecule has 29 heavy (non-hydrogen) atoms. The monoisotopic (exact) mass is 408 g/mol. The Morgan fingerprint density at radius 2 is 0.966 bits per heavy atom. The summed E-state index contributed by atoms with van der Waals surface area (Å²) in [6, 6.07) is 6.94. The number of benzene rings is 3. The van der Waals surface area contributed by atoms with Gasteiger partial charge in [-0.05, 0) is 30.9 Å². The molecular weight excluding hydrogens is 390 g/mol. The molecule has 0 unspecified atom stereocenters. The van der Waals surface area contributed by atoms with Gasteiger partial charge < -0.3 is 0 Å². The highest BCUT2D eigenvalue weighted by Gasteiger charge is 2.23. The van der Waals surface area contributed by atoms with Crippen molar-refractivity contribution in [2.45, 2.75) is 33.1 Å². The molecule has 0 amide bonds. The lowest BCUT2D eigenvalue weighted by molar-refractivity contribution is 0.492. The van der Waals surface area contributed by atoms with E-state index in [2.05, 4.69) is 0 Å². The minimum atomic E-state index is -1.47. The first-order chi connectivity index (χ1) is 13.8. The van der Waals surface area contributed by atoms with Crippen LogP contribution in [0, 0.1) is 41.8 Å². The lowest BCUT2D eigenvalue weighted by Crippen LogP contribution is -2.01. The zero-order chi connectivity index (χ0) is 21.3. The molecule has 0 N–H and O–H groups in total. The number of halogens is 6. The third kappa shape index (κ3) is 3.76. The third-order valence-corrected chi connectivity index (χ3v) is 4.90. The first-order valence-corrected chi connectivity index (χ1v) is 9.18. The molecule has 0 saturated heterocycles. The predicted molar refractivity (Wildman–Crippen MR) is 100 cm³/mol. The molecule has 0 atom stereocenters. The van der Waals surface area contributed by atoms with Gasteiger partial charge in [0.1, 0.15) is 0 Å². The summed E-state index contributed by atoms with van der Waals surface area (Å²) in [6.07, 6.45) is 1.78. The summed E-state index contributed by atoms with van der Waals surface area (Å²) < 4.78 is 86.1. The number of hydrogen-bond acceptors (Lipinski definition) is 0. The summed E-state index contributed by atoms with van der Waals surface area (Å²) in [5, 5.41) is 0. The van der Waals surface area contributed by atoms with Crippen molar-refractivity contribution in [1.29, 1.82) is 0 Å². The van der Waals surface area contributed by atoms with E-state index in [0.717, 1.165) is 24.6 Å². The Kier molecular flexibility index (Phi) is 6.01. The second kappa shape index (κ2) is 8.31. The zero-order valence-electron chi connectivity index (χ0n) is 15.9. The second-order valence-electron chi connectivity index (χ2n) is 6.85. The van der Waals surface area contributed by atoms with E-state index in [4.69, 9.17) is 0 Å². The summed E-state index contributed by atoms with van der Waals surface area (Å²) >= 11 is 0. The topological polar surface area (TPSA) is 0 Å². The maximum Gasteiger partial charge on any atom is 0.167 e. The Hall–Kier alpha value is -2.76. The van der Waals surface area contributed by atoms with Crippen molar-refractivity contribution in [3.8, 4) is 22.3 Å². The molecule has 3 rings (SSSR count). The van der Waals surface area contributed by atoms with Gasteiger partial charge in [-0.25, -0.2) is 26.3 Å². The maximum absolute atomic E-state index is 14.7. The van der Waals surface area contributed by atoms with Gasteiger partial charge in [0.25, 0.3) is 0 Å². The third-order valence-electron chi connectivity index (χ3n) is 4.90. The first kappa shape index (κ1) is 21.0. The predicted octanol–water partition coefficient (Wildman–Crippen LogP) is 7.51. The van der Waals surface area contributed by atoms with E-state index in [1.807, 2.05) is 6.92 Å². The fourth-order valence-electron chi connectivity index (χ4n) is 3.18. The highest BCUT2D eigenvalue weighted by Crippen LogP contribution is 2.35. The lowest BCUT2D eigenvalue weighted by atomic mass is 9.96. The van der Waals surface area contributed by atoms with Crippen LogP contribution in [0.2, 0.25) is 0 Å². The molecule has 0 spiro atoms. The van der Waals surface area contributed by atoms with Gasteiger partial charge in [0.15, 0.2) is 34.9 Å². The van der Waals surface area contributed by atoms with E-state index in [1.165, 1.54) is 25.1 Å². The van der Waals surface area contributed by atoms with Gasteiger partial charge in [0.2, 0.25) is 0 Å². The van der Waals surface area contributed by atoms with E-state index >= 15 is 0 Å². The molecule has 0 saturated carbocycles. The average molecular weight is 408 g/mol. The maximum atomic E-state index is 14.7. The van der Waals surface area contributed by atoms with E-state index in [-0.39, 0.29) is 11.1 Å². The van der Waals surface area contributed by atoms with Crippen LogP contribution in [0.1, 0.15) is 30.9 Å². The Balaban J connectivity index is 2.10. The van der Waals surface area contributed by atoms with Gasteiger partial charge in [0, 0.05) is 22.3 Å². The Bertz CT molecular complexity index is 1070. The van der Waals surface area contributed by atoms with Crippen LogP contribution in [0.3, 0.4) is 0 Å². The number of aryl methyl sites for hydroxylation is 2. The molecule has 0 fully saturated rings. The molecule has 0 aliphatic rings. The molecule has 6 heteroatoms. The Labute approximate surface area is 164 Å². The molecule has 3 aromatic rings. The Morgan fingerprint density at radius 1 is 0.552 bits per heavy atom. The van der Waals surface area contributed by atoms with Crippen LogP contribution in [0.5, 0.6) is 0 Å². The molecule has 0 heterocycles. The lowest BCUT2D eigenvalue weighted by Gasteiger charge is -2.13. The van der Waals surface area contributed by atoms with E-state index in [1.54, 1.807) is 0 Å². The summed E-state index contributed by atoms with van der Waals surface area (Å²) in [4.78, 5) is 0. The van der Waals surface area contributed by atoms with Gasteiger partial charge in [-0.3, -0.25) is 0 Å². The highest BCUT2D eigenvalue weighted by atomic mass is 19.2. The van der Waals surface area contributed by atoms with Crippen LogP contribution in [-0.2, 0) is 6.42 Å². The molecule has 0 aliphatic heterocycles. The SMILES string of the molecule is CCCCc1ccc(-c2ccc(-c3ccc(C)c(F)c3F)c(F)c2F)c(F)c1F. The Morgan fingerprint density at radius 3 is 1.48 bits per heavy atom. The molecule has 152 valence electrons. The van der Waals surface area contributed by atoms with Crippen LogP contribution in [0.25, 0.3) is 22.3 Å². The first-order valence-electron chi connectivity index (χ1n) is 9.18. The van der Waals surface area contributed by atoms with Crippen molar-refractivity contribution in [3.63, 3.8) is 0 Å². The smallest absolute Gasteiger partial charge is 0.167 e. The average Bonchev–Trinajstić information content (AvgIpc) is 2.70. The van der Waals surface area contributed by atoms with Crippen molar-refractivity contribution in [2.24, 2.45) is 0 Å². The molecule has 0 radical (unpaired) electrons. The zero-order valence-corrected chi connectivity index (χ0v) is 15.9. The number of hydrogen-bond donors (Lipinski definition) is 0. The molecule has 0 bridgehead atoms. The number of unbranched alkanes of at least 4 members (excludes halogenated alkanes) is 1. The van der Waals surface area contributed by atoms with Gasteiger partial charge >= 0.3 is 0 Å². The molecule has 0 aliphatic carbocycles. The fraction of sp³-hybridized carbons (Fsp3) is 0.217. The van der Waals surface area contributed by atoms with Crippen molar-refractivity contribution in [2.75, 3.05) is 0 Å². The summed E-state index contributed by atoms with van der Waals surface area (Å²) in [5.41, 5.74) is -1.74. The van der Waals surface area contributed by atoms with Gasteiger partial charge in [-0.1, -0.05) is 49.7 Å². The minimum Gasteiger partial charge on any atom is -0.203 e. The van der Waals surface area contributed by atoms with E-state index in [0.29, 0.717) is 12.8 Å². The molecule has 0 nitrogen and oxygen atoms in total. The van der Waals surface area contributed by atoms with Crippen LogP contribution in [0.4, 0.5) is 26.3 Å². The van der Waals surface area contributed by atoms with Crippen molar-refractivity contribution >= 4 is 0 Å². The highest BCUT2D eigenvalue weighted by molar-refractivity contribution is 5.73. The normalized spacial score (nSPS) is 11.2. The van der Waals surface area contributed by atoms with Crippen molar-refractivity contribution in [3.05, 3.63) is 82.4 Å². The van der Waals surface area contributed by atoms with Crippen LogP contribution in [0.15, 0.2) is 36.4 Å². The van der Waals surface area contributed by atoms with Crippen molar-refractivity contribution in [1.82, 2.24) is 0 Å². The van der Waals surface area contributed by atoms with E-state index < -0.39 is 57.2 Å². The molecular formula is C23H18F6. The van der Waals surface area contributed by atoms with Gasteiger partial charge in [0.05, 0.1) is 0 Å². The molecule has 3 aromatic carbocycles. The summed E-state index contributed by atoms with van der Waals surface area (Å²) in [6.45, 7) is 3.24. The van der Waals surface area contributed by atoms with Crippen LogP contribution in [-0.4, -0.2) is 0 Å². The van der Waals surface area contributed by atoms with Crippen LogP contribution >= 0.6 is 0 Å². The van der Waals surface area contributed by atoms with Crippen LogP contribution < -0.4 is 0 Å². The van der Waals surface area contributed by atoms with Gasteiger partial charge in [-0.2, -0.15) is 0 Å². The van der Waals surface area contributed by atoms with Gasteiger partial charge in [-0.15, -0.1) is 0 Å². The van der Waals surface area contributed by atoms with Crippen molar-refractivity contribution < 1.29 is 26.3 Å².